The monoisotopic (exact) mass is 125 g/mol. The van der Waals surface area contributed by atoms with Gasteiger partial charge in [0.2, 0.25) is 0 Å². The van der Waals surface area contributed by atoms with Gasteiger partial charge in [0.15, 0.2) is 5.78 Å². The van der Waals surface area contributed by atoms with E-state index in [1.165, 1.54) is 0 Å². The first-order valence-electron chi connectivity index (χ1n) is 3.22. The van der Waals surface area contributed by atoms with E-state index in [1.807, 2.05) is 13.8 Å². The van der Waals surface area contributed by atoms with Gasteiger partial charge >= 0.3 is 0 Å². The second-order valence-corrected chi connectivity index (χ2v) is 2.32. The normalized spacial score (nSPS) is 25.8. The Bertz CT molecular complexity index is 160. The fourth-order valence-electron chi connectivity index (χ4n) is 0.950. The maximum atomic E-state index is 11.0. The fourth-order valence-corrected chi connectivity index (χ4v) is 0.950. The van der Waals surface area contributed by atoms with E-state index in [-0.39, 0.29) is 11.8 Å². The third-order valence-electron chi connectivity index (χ3n) is 1.61. The predicted molar refractivity (Wildman–Crippen MR) is 36.0 cm³/mol. The molecule has 0 fully saturated rings. The Morgan fingerprint density at radius 3 is 2.67 bits per heavy atom. The van der Waals surface area contributed by atoms with Crippen LogP contribution < -0.4 is 5.32 Å². The minimum Gasteiger partial charge on any atom is -0.381 e. The summed E-state index contributed by atoms with van der Waals surface area (Å²) in [6, 6.07) is 0.0602. The highest BCUT2D eigenvalue weighted by molar-refractivity contribution is 6.00. The molecule has 0 aromatic heterocycles. The summed E-state index contributed by atoms with van der Waals surface area (Å²) in [6.45, 7) is 3.84. The van der Waals surface area contributed by atoms with Crippen LogP contribution in [-0.4, -0.2) is 11.8 Å². The summed E-state index contributed by atoms with van der Waals surface area (Å²) in [6.07, 6.45) is 2.67. The Balaban J connectivity index is 2.62. The van der Waals surface area contributed by atoms with E-state index in [9.17, 15) is 4.79 Å². The Labute approximate surface area is 54.9 Å². The first-order chi connectivity index (χ1) is 4.25. The number of carbonyl (C=O) groups is 1. The van der Waals surface area contributed by atoms with Crippen LogP contribution in [0.25, 0.3) is 0 Å². The SMILES string of the molecule is CCC1NC=C(C)C1=O. The summed E-state index contributed by atoms with van der Waals surface area (Å²) in [5, 5.41) is 2.99. The van der Waals surface area contributed by atoms with Crippen LogP contribution in [-0.2, 0) is 4.79 Å². The van der Waals surface area contributed by atoms with Crippen molar-refractivity contribution in [2.75, 3.05) is 0 Å². The lowest BCUT2D eigenvalue weighted by Gasteiger charge is -2.03. The van der Waals surface area contributed by atoms with Crippen molar-refractivity contribution in [2.24, 2.45) is 0 Å². The van der Waals surface area contributed by atoms with Crippen molar-refractivity contribution in [3.8, 4) is 0 Å². The number of nitrogens with one attached hydrogen (secondary N) is 1. The Kier molecular flexibility index (Phi) is 1.56. The van der Waals surface area contributed by atoms with Gasteiger partial charge in [-0.25, -0.2) is 0 Å². The summed E-state index contributed by atoms with van der Waals surface area (Å²) in [4.78, 5) is 11.0. The van der Waals surface area contributed by atoms with Gasteiger partial charge in [-0.1, -0.05) is 6.92 Å². The summed E-state index contributed by atoms with van der Waals surface area (Å²) >= 11 is 0. The van der Waals surface area contributed by atoms with Gasteiger partial charge in [-0.3, -0.25) is 4.79 Å². The molecule has 1 heterocycles. The van der Waals surface area contributed by atoms with Crippen LogP contribution >= 0.6 is 0 Å². The van der Waals surface area contributed by atoms with Crippen LogP contribution in [0.3, 0.4) is 0 Å². The van der Waals surface area contributed by atoms with Crippen LogP contribution in [0.2, 0.25) is 0 Å². The molecule has 9 heavy (non-hydrogen) atoms. The van der Waals surface area contributed by atoms with Crippen molar-refractivity contribution < 1.29 is 4.79 Å². The lowest BCUT2D eigenvalue weighted by molar-refractivity contribution is -0.116. The number of carbonyl (C=O) groups excluding carboxylic acids is 1. The summed E-state index contributed by atoms with van der Waals surface area (Å²) in [5.41, 5.74) is 0.849. The number of rotatable bonds is 1. The summed E-state index contributed by atoms with van der Waals surface area (Å²) in [5.74, 6) is 0.248. The third-order valence-corrected chi connectivity index (χ3v) is 1.61. The van der Waals surface area contributed by atoms with Crippen LogP contribution in [0, 0.1) is 0 Å². The summed E-state index contributed by atoms with van der Waals surface area (Å²) < 4.78 is 0. The highest BCUT2D eigenvalue weighted by atomic mass is 16.1. The molecular weight excluding hydrogens is 114 g/mol. The van der Waals surface area contributed by atoms with Crippen molar-refractivity contribution >= 4 is 5.78 Å². The standard InChI is InChI=1S/C7H11NO/c1-3-6-7(9)5(2)4-8-6/h4,6,8H,3H2,1-2H3. The molecule has 2 nitrogen and oxygen atoms in total. The molecule has 1 rings (SSSR count). The van der Waals surface area contributed by atoms with Crippen LogP contribution in [0.15, 0.2) is 11.8 Å². The minimum absolute atomic E-state index is 0.0602. The van der Waals surface area contributed by atoms with E-state index >= 15 is 0 Å². The van der Waals surface area contributed by atoms with Gasteiger partial charge in [0, 0.05) is 11.8 Å². The molecule has 1 aliphatic rings. The molecule has 0 amide bonds. The largest absolute Gasteiger partial charge is 0.381 e. The quantitative estimate of drug-likeness (QED) is 0.562. The molecule has 0 aliphatic carbocycles. The van der Waals surface area contributed by atoms with Crippen LogP contribution in [0.5, 0.6) is 0 Å². The molecule has 0 saturated heterocycles. The van der Waals surface area contributed by atoms with Crippen molar-refractivity contribution in [1.82, 2.24) is 5.32 Å². The molecule has 0 saturated carbocycles. The molecule has 1 N–H and O–H groups in total. The van der Waals surface area contributed by atoms with Crippen LogP contribution in [0.1, 0.15) is 20.3 Å². The second-order valence-electron chi connectivity index (χ2n) is 2.32. The van der Waals surface area contributed by atoms with Gasteiger partial charge in [-0.15, -0.1) is 0 Å². The van der Waals surface area contributed by atoms with Crippen molar-refractivity contribution in [3.05, 3.63) is 11.8 Å². The molecule has 1 aliphatic heterocycles. The molecule has 0 aromatic rings. The highest BCUT2D eigenvalue weighted by Crippen LogP contribution is 2.08. The van der Waals surface area contributed by atoms with E-state index < -0.39 is 0 Å². The Morgan fingerprint density at radius 2 is 2.44 bits per heavy atom. The molecule has 0 bridgehead atoms. The van der Waals surface area contributed by atoms with Gasteiger partial charge < -0.3 is 5.32 Å². The van der Waals surface area contributed by atoms with E-state index in [1.54, 1.807) is 6.20 Å². The number of Topliss-reactive ketones (excluding diaryl/α,β-unsaturated/α-hetero) is 1. The molecule has 1 atom stereocenters. The van der Waals surface area contributed by atoms with E-state index in [0.717, 1.165) is 12.0 Å². The Morgan fingerprint density at radius 1 is 1.78 bits per heavy atom. The van der Waals surface area contributed by atoms with E-state index in [0.29, 0.717) is 0 Å². The molecule has 2 heteroatoms. The van der Waals surface area contributed by atoms with E-state index in [2.05, 4.69) is 5.32 Å². The topological polar surface area (TPSA) is 29.1 Å². The maximum absolute atomic E-state index is 11.0. The molecule has 50 valence electrons. The smallest absolute Gasteiger partial charge is 0.182 e. The van der Waals surface area contributed by atoms with Crippen molar-refractivity contribution in [1.29, 1.82) is 0 Å². The molecular formula is C7H11NO. The van der Waals surface area contributed by atoms with Gasteiger partial charge in [0.05, 0.1) is 6.04 Å². The van der Waals surface area contributed by atoms with E-state index in [4.69, 9.17) is 0 Å². The first-order valence-corrected chi connectivity index (χ1v) is 3.22. The maximum Gasteiger partial charge on any atom is 0.182 e. The predicted octanol–water partition coefficient (Wildman–Crippen LogP) is 0.841. The van der Waals surface area contributed by atoms with Crippen LogP contribution in [0.4, 0.5) is 0 Å². The second kappa shape index (κ2) is 2.21. The lowest BCUT2D eigenvalue weighted by atomic mass is 10.1. The zero-order valence-corrected chi connectivity index (χ0v) is 5.77. The average Bonchev–Trinajstić information content (AvgIpc) is 2.15. The number of hydrogen-bond donors (Lipinski definition) is 1. The molecule has 0 radical (unpaired) electrons. The van der Waals surface area contributed by atoms with Crippen molar-refractivity contribution in [3.63, 3.8) is 0 Å². The Hall–Kier alpha value is -0.790. The third kappa shape index (κ3) is 0.969. The zero-order chi connectivity index (χ0) is 6.85. The van der Waals surface area contributed by atoms with Gasteiger partial charge in [0.25, 0.3) is 0 Å². The zero-order valence-electron chi connectivity index (χ0n) is 5.77. The van der Waals surface area contributed by atoms with Crippen molar-refractivity contribution in [2.45, 2.75) is 26.3 Å². The van der Waals surface area contributed by atoms with Gasteiger partial charge in [0.1, 0.15) is 0 Å². The van der Waals surface area contributed by atoms with Gasteiger partial charge in [-0.05, 0) is 13.3 Å². The molecule has 0 aromatic carbocycles. The molecule has 1 unspecified atom stereocenters. The summed E-state index contributed by atoms with van der Waals surface area (Å²) in [7, 11) is 0. The lowest BCUT2D eigenvalue weighted by Crippen LogP contribution is -2.25. The fraction of sp³-hybridized carbons (Fsp3) is 0.571. The minimum atomic E-state index is 0.0602. The van der Waals surface area contributed by atoms with Gasteiger partial charge in [-0.2, -0.15) is 0 Å². The number of hydrogen-bond acceptors (Lipinski definition) is 2. The first kappa shape index (κ1) is 6.33. The average molecular weight is 125 g/mol. The molecule has 0 spiro atoms. The highest BCUT2D eigenvalue weighted by Gasteiger charge is 2.21. The number of ketones is 1.